The highest BCUT2D eigenvalue weighted by Gasteiger charge is 2.50. The highest BCUT2D eigenvalue weighted by atomic mass is 16.2. The number of hydrogen-bond acceptors (Lipinski definition) is 2. The van der Waals surface area contributed by atoms with E-state index in [0.717, 1.165) is 12.8 Å². The first-order valence-corrected chi connectivity index (χ1v) is 7.92. The van der Waals surface area contributed by atoms with Gasteiger partial charge < -0.3 is 9.80 Å². The molecule has 1 aliphatic carbocycles. The van der Waals surface area contributed by atoms with Gasteiger partial charge in [0.25, 0.3) is 0 Å². The van der Waals surface area contributed by atoms with Gasteiger partial charge >= 0.3 is 0 Å². The molecule has 0 aliphatic heterocycles. The van der Waals surface area contributed by atoms with Gasteiger partial charge in [-0.2, -0.15) is 0 Å². The van der Waals surface area contributed by atoms with Crippen LogP contribution in [0.25, 0.3) is 0 Å². The van der Waals surface area contributed by atoms with E-state index in [1.165, 1.54) is 0 Å². The van der Waals surface area contributed by atoms with E-state index in [9.17, 15) is 9.59 Å². The van der Waals surface area contributed by atoms with Crippen LogP contribution in [0.15, 0.2) is 0 Å². The van der Waals surface area contributed by atoms with Crippen molar-refractivity contribution in [2.24, 2.45) is 29.1 Å². The summed E-state index contributed by atoms with van der Waals surface area (Å²) in [7, 11) is 7.22. The summed E-state index contributed by atoms with van der Waals surface area (Å²) in [6, 6.07) is 0. The molecule has 2 amide bonds. The Bertz CT molecular complexity index is 368. The Balaban J connectivity index is 3.18. The van der Waals surface area contributed by atoms with E-state index < -0.39 is 0 Å². The van der Waals surface area contributed by atoms with Gasteiger partial charge in [-0.3, -0.25) is 9.59 Å². The molecule has 0 spiro atoms. The normalized spacial score (nSPS) is 28.3. The third kappa shape index (κ3) is 3.58. The van der Waals surface area contributed by atoms with Crippen molar-refractivity contribution in [3.63, 3.8) is 0 Å². The Labute approximate surface area is 129 Å². The fraction of sp³-hybridized carbons (Fsp3) is 0.882. The Hall–Kier alpha value is -1.06. The number of amides is 2. The predicted molar refractivity (Wildman–Crippen MR) is 85.7 cm³/mol. The maximum atomic E-state index is 12.6. The van der Waals surface area contributed by atoms with E-state index in [-0.39, 0.29) is 29.1 Å². The number of nitrogens with zero attached hydrogens (tertiary/aromatic N) is 2. The first-order valence-electron chi connectivity index (χ1n) is 7.92. The minimum absolute atomic E-state index is 0.0810. The number of hydrogen-bond donors (Lipinski definition) is 0. The van der Waals surface area contributed by atoms with Gasteiger partial charge in [-0.1, -0.05) is 27.7 Å². The Kier molecular flexibility index (Phi) is 5.46. The van der Waals surface area contributed by atoms with Gasteiger partial charge in [0.2, 0.25) is 11.8 Å². The lowest BCUT2D eigenvalue weighted by molar-refractivity contribution is -0.151. The minimum Gasteiger partial charge on any atom is -0.349 e. The van der Waals surface area contributed by atoms with E-state index in [1.54, 1.807) is 38.0 Å². The average molecular weight is 296 g/mol. The van der Waals surface area contributed by atoms with Crippen molar-refractivity contribution in [3.8, 4) is 0 Å². The van der Waals surface area contributed by atoms with Crippen LogP contribution in [0.5, 0.6) is 0 Å². The summed E-state index contributed by atoms with van der Waals surface area (Å²) in [5.41, 5.74) is -0.298. The third-order valence-corrected chi connectivity index (χ3v) is 5.29. The number of carbonyl (C=O) groups excluding carboxylic acids is 2. The Morgan fingerprint density at radius 2 is 1.24 bits per heavy atom. The quantitative estimate of drug-likeness (QED) is 0.803. The van der Waals surface area contributed by atoms with Crippen LogP contribution in [0, 0.1) is 29.1 Å². The van der Waals surface area contributed by atoms with Crippen molar-refractivity contribution in [2.45, 2.75) is 40.5 Å². The maximum absolute atomic E-state index is 12.6. The van der Waals surface area contributed by atoms with Crippen LogP contribution < -0.4 is 0 Å². The fourth-order valence-corrected chi connectivity index (χ4v) is 3.56. The predicted octanol–water partition coefficient (Wildman–Crippen LogP) is 2.49. The summed E-state index contributed by atoms with van der Waals surface area (Å²) in [4.78, 5) is 28.6. The summed E-state index contributed by atoms with van der Waals surface area (Å²) < 4.78 is 0. The molecule has 1 saturated carbocycles. The zero-order valence-corrected chi connectivity index (χ0v) is 14.9. The first kappa shape index (κ1) is 18.0. The van der Waals surface area contributed by atoms with E-state index in [4.69, 9.17) is 0 Å². The van der Waals surface area contributed by atoms with Gasteiger partial charge in [-0.15, -0.1) is 0 Å². The molecule has 0 aromatic rings. The molecule has 1 fully saturated rings. The lowest BCUT2D eigenvalue weighted by Crippen LogP contribution is -2.52. The van der Waals surface area contributed by atoms with E-state index in [1.807, 2.05) is 0 Å². The molecule has 122 valence electrons. The molecule has 4 heteroatoms. The van der Waals surface area contributed by atoms with Crippen LogP contribution in [0.1, 0.15) is 40.5 Å². The highest BCUT2D eigenvalue weighted by molar-refractivity contribution is 5.83. The molecule has 0 unspecified atom stereocenters. The second-order valence-corrected chi connectivity index (χ2v) is 7.87. The van der Waals surface area contributed by atoms with Crippen molar-refractivity contribution < 1.29 is 9.59 Å². The van der Waals surface area contributed by atoms with Crippen molar-refractivity contribution in [1.82, 2.24) is 9.80 Å². The monoisotopic (exact) mass is 296 g/mol. The third-order valence-electron chi connectivity index (χ3n) is 5.29. The Morgan fingerprint density at radius 1 is 0.905 bits per heavy atom. The van der Waals surface area contributed by atoms with Gasteiger partial charge in [0.05, 0.1) is 0 Å². The zero-order chi connectivity index (χ0) is 16.5. The van der Waals surface area contributed by atoms with Gasteiger partial charge in [-0.05, 0) is 30.1 Å². The van der Waals surface area contributed by atoms with Gasteiger partial charge in [0.15, 0.2) is 0 Å². The molecule has 0 saturated heterocycles. The van der Waals surface area contributed by atoms with Crippen molar-refractivity contribution in [1.29, 1.82) is 0 Å². The number of carbonyl (C=O) groups is 2. The molecule has 0 bridgehead atoms. The second kappa shape index (κ2) is 6.37. The molecule has 0 radical (unpaired) electrons. The van der Waals surface area contributed by atoms with Crippen molar-refractivity contribution in [2.75, 3.05) is 28.2 Å². The van der Waals surface area contributed by atoms with E-state index in [0.29, 0.717) is 11.8 Å². The molecular weight excluding hydrogens is 264 g/mol. The molecule has 0 N–H and O–H groups in total. The van der Waals surface area contributed by atoms with Crippen LogP contribution in [0.4, 0.5) is 0 Å². The van der Waals surface area contributed by atoms with E-state index in [2.05, 4.69) is 27.7 Å². The lowest BCUT2D eigenvalue weighted by Gasteiger charge is -2.48. The summed E-state index contributed by atoms with van der Waals surface area (Å²) in [5.74, 6) is 1.07. The second-order valence-electron chi connectivity index (χ2n) is 7.87. The van der Waals surface area contributed by atoms with Gasteiger partial charge in [0.1, 0.15) is 0 Å². The average Bonchev–Trinajstić information content (AvgIpc) is 2.35. The smallest absolute Gasteiger partial charge is 0.225 e. The largest absolute Gasteiger partial charge is 0.349 e. The zero-order valence-electron chi connectivity index (χ0n) is 14.9. The Morgan fingerprint density at radius 3 is 1.48 bits per heavy atom. The summed E-state index contributed by atoms with van der Waals surface area (Å²) in [5, 5.41) is 0. The fourth-order valence-electron chi connectivity index (χ4n) is 3.56. The maximum Gasteiger partial charge on any atom is 0.225 e. The standard InChI is InChI=1S/C17H32N2O2/c1-11(2)12-9-13(15(20)18(5)6)17(3,4)14(10-12)16(21)19(7)8/h11-14H,9-10H2,1-8H3/t13-,14-/m0/s1. The molecule has 4 nitrogen and oxygen atoms in total. The molecule has 0 heterocycles. The minimum atomic E-state index is -0.298. The van der Waals surface area contributed by atoms with Crippen LogP contribution in [-0.2, 0) is 9.59 Å². The van der Waals surface area contributed by atoms with E-state index >= 15 is 0 Å². The lowest BCUT2D eigenvalue weighted by atomic mass is 9.57. The highest BCUT2D eigenvalue weighted by Crippen LogP contribution is 2.50. The summed E-state index contributed by atoms with van der Waals surface area (Å²) in [6.07, 6.45) is 1.78. The van der Waals surface area contributed by atoms with Crippen LogP contribution >= 0.6 is 0 Å². The van der Waals surface area contributed by atoms with Gasteiger partial charge in [0, 0.05) is 40.0 Å². The van der Waals surface area contributed by atoms with Crippen LogP contribution in [-0.4, -0.2) is 49.8 Å². The summed E-state index contributed by atoms with van der Waals surface area (Å²) in [6.45, 7) is 8.55. The number of rotatable bonds is 3. The molecule has 1 rings (SSSR count). The summed E-state index contributed by atoms with van der Waals surface area (Å²) >= 11 is 0. The molecule has 2 atom stereocenters. The topological polar surface area (TPSA) is 40.6 Å². The molecule has 1 aliphatic rings. The molecule has 0 aromatic carbocycles. The SMILES string of the molecule is CC(C)C1C[C@@H](C(=O)N(C)C)C(C)(C)[C@H](C(=O)N(C)C)C1. The van der Waals surface area contributed by atoms with Gasteiger partial charge in [-0.25, -0.2) is 0 Å². The molecule has 21 heavy (non-hydrogen) atoms. The van der Waals surface area contributed by atoms with Crippen molar-refractivity contribution >= 4 is 11.8 Å². The molecular formula is C17H32N2O2. The first-order chi connectivity index (χ1) is 9.50. The molecule has 0 aromatic heterocycles. The van der Waals surface area contributed by atoms with Crippen molar-refractivity contribution in [3.05, 3.63) is 0 Å². The van der Waals surface area contributed by atoms with Crippen LogP contribution in [0.2, 0.25) is 0 Å². The van der Waals surface area contributed by atoms with Crippen LogP contribution in [0.3, 0.4) is 0 Å².